The van der Waals surface area contributed by atoms with Gasteiger partial charge in [0.25, 0.3) is 0 Å². The minimum absolute atomic E-state index is 0.340. The van der Waals surface area contributed by atoms with Crippen molar-refractivity contribution >= 4 is 11.6 Å². The highest BCUT2D eigenvalue weighted by atomic mass is 35.5. The summed E-state index contributed by atoms with van der Waals surface area (Å²) in [6, 6.07) is 0.362. The zero-order valence-electron chi connectivity index (χ0n) is 11.9. The van der Waals surface area contributed by atoms with E-state index in [0.29, 0.717) is 17.7 Å². The Labute approximate surface area is 115 Å². The summed E-state index contributed by atoms with van der Waals surface area (Å²) >= 11 is 6.29. The molecule has 104 valence electrons. The zero-order chi connectivity index (χ0) is 13.9. The summed E-state index contributed by atoms with van der Waals surface area (Å²) in [6.07, 6.45) is 0.532. The van der Waals surface area contributed by atoms with E-state index in [-0.39, 0.29) is 6.10 Å². The van der Waals surface area contributed by atoms with Crippen LogP contribution >= 0.6 is 11.6 Å². The molecular formula is C13H24ClN3O. The average molecular weight is 274 g/mol. The summed E-state index contributed by atoms with van der Waals surface area (Å²) in [5, 5.41) is 14.7. The van der Waals surface area contributed by atoms with Gasteiger partial charge in [0.05, 0.1) is 11.8 Å². The van der Waals surface area contributed by atoms with Crippen LogP contribution in [0, 0.1) is 0 Å². The number of hydrogen-bond donors (Lipinski definition) is 1. The molecule has 0 aliphatic carbocycles. The average Bonchev–Trinajstić information content (AvgIpc) is 2.55. The first-order valence-electron chi connectivity index (χ1n) is 6.49. The summed E-state index contributed by atoms with van der Waals surface area (Å²) in [4.78, 5) is 2.22. The second-order valence-corrected chi connectivity index (χ2v) is 5.42. The molecule has 0 aliphatic heterocycles. The topological polar surface area (TPSA) is 41.3 Å². The summed E-state index contributed by atoms with van der Waals surface area (Å²) in [6.45, 7) is 9.51. The maximum Gasteiger partial charge on any atom is 0.131 e. The van der Waals surface area contributed by atoms with Crippen LogP contribution in [0.1, 0.15) is 39.0 Å². The van der Waals surface area contributed by atoms with Crippen molar-refractivity contribution in [3.05, 3.63) is 16.4 Å². The lowest BCUT2D eigenvalue weighted by Gasteiger charge is -2.27. The third-order valence-corrected chi connectivity index (χ3v) is 3.55. The third kappa shape index (κ3) is 3.70. The lowest BCUT2D eigenvalue weighted by atomic mass is 10.1. The van der Waals surface area contributed by atoms with Crippen LogP contribution in [0.25, 0.3) is 0 Å². The molecule has 1 heterocycles. The summed E-state index contributed by atoms with van der Waals surface area (Å²) in [5.41, 5.74) is 2.12. The van der Waals surface area contributed by atoms with Crippen molar-refractivity contribution in [1.29, 1.82) is 0 Å². The summed E-state index contributed by atoms with van der Waals surface area (Å²) < 4.78 is 1.72. The Morgan fingerprint density at radius 3 is 2.44 bits per heavy atom. The fraction of sp³-hybridized carbons (Fsp3) is 0.769. The maximum atomic E-state index is 9.56. The summed E-state index contributed by atoms with van der Waals surface area (Å²) in [5.74, 6) is 0. The molecule has 18 heavy (non-hydrogen) atoms. The predicted molar refractivity (Wildman–Crippen MR) is 74.8 cm³/mol. The van der Waals surface area contributed by atoms with E-state index in [4.69, 9.17) is 11.6 Å². The Morgan fingerprint density at radius 1 is 1.39 bits per heavy atom. The first-order valence-corrected chi connectivity index (χ1v) is 6.86. The molecule has 1 N–H and O–H groups in total. The van der Waals surface area contributed by atoms with Crippen molar-refractivity contribution in [2.45, 2.75) is 52.8 Å². The Hall–Kier alpha value is -0.580. The second-order valence-electron chi connectivity index (χ2n) is 5.07. The Morgan fingerprint density at radius 2 is 2.00 bits per heavy atom. The minimum atomic E-state index is -0.340. The van der Waals surface area contributed by atoms with E-state index in [2.05, 4.69) is 30.8 Å². The first-order chi connectivity index (χ1) is 8.36. The molecule has 0 aliphatic rings. The Kier molecular flexibility index (Phi) is 5.63. The van der Waals surface area contributed by atoms with Crippen molar-refractivity contribution in [3.8, 4) is 0 Å². The fourth-order valence-corrected chi connectivity index (χ4v) is 2.25. The quantitative estimate of drug-likeness (QED) is 0.864. The van der Waals surface area contributed by atoms with E-state index in [1.54, 1.807) is 11.6 Å². The normalized spacial score (nSPS) is 13.6. The molecular weight excluding hydrogens is 250 g/mol. The number of aromatic nitrogens is 2. The van der Waals surface area contributed by atoms with E-state index in [0.717, 1.165) is 24.2 Å². The molecule has 0 saturated heterocycles. The van der Waals surface area contributed by atoms with Crippen LogP contribution in [0.15, 0.2) is 0 Å². The van der Waals surface area contributed by atoms with Crippen molar-refractivity contribution < 1.29 is 5.11 Å². The van der Waals surface area contributed by atoms with E-state index >= 15 is 0 Å². The third-order valence-electron chi connectivity index (χ3n) is 3.08. The van der Waals surface area contributed by atoms with Crippen molar-refractivity contribution in [3.63, 3.8) is 0 Å². The van der Waals surface area contributed by atoms with Crippen molar-refractivity contribution in [2.24, 2.45) is 7.05 Å². The standard InChI is InChI=1S/C13H24ClN3O/c1-6-12-11(13(14)16(5)15-12)8-17(9(2)3)7-10(4)18/h9-10,18H,6-8H2,1-5H3. The van der Waals surface area contributed by atoms with Gasteiger partial charge >= 0.3 is 0 Å². The van der Waals surface area contributed by atoms with Crippen LogP contribution in [-0.2, 0) is 20.0 Å². The van der Waals surface area contributed by atoms with Gasteiger partial charge in [-0.15, -0.1) is 0 Å². The van der Waals surface area contributed by atoms with E-state index in [9.17, 15) is 5.11 Å². The van der Waals surface area contributed by atoms with Crippen LogP contribution in [0.5, 0.6) is 0 Å². The number of aliphatic hydroxyl groups is 1. The fourth-order valence-electron chi connectivity index (χ4n) is 2.04. The molecule has 0 saturated carbocycles. The van der Waals surface area contributed by atoms with Crippen molar-refractivity contribution in [2.75, 3.05) is 6.54 Å². The van der Waals surface area contributed by atoms with Crippen LogP contribution in [0.3, 0.4) is 0 Å². The zero-order valence-corrected chi connectivity index (χ0v) is 12.7. The SMILES string of the molecule is CCc1nn(C)c(Cl)c1CN(CC(C)O)C(C)C. The molecule has 0 aromatic carbocycles. The number of hydrogen-bond acceptors (Lipinski definition) is 3. The molecule has 0 radical (unpaired) electrons. The van der Waals surface area contributed by atoms with Gasteiger partial charge in [-0.1, -0.05) is 18.5 Å². The van der Waals surface area contributed by atoms with Gasteiger partial charge in [-0.2, -0.15) is 5.10 Å². The highest BCUT2D eigenvalue weighted by Crippen LogP contribution is 2.22. The largest absolute Gasteiger partial charge is 0.392 e. The van der Waals surface area contributed by atoms with Gasteiger partial charge < -0.3 is 5.11 Å². The molecule has 1 rings (SSSR count). The summed E-state index contributed by atoms with van der Waals surface area (Å²) in [7, 11) is 1.86. The van der Waals surface area contributed by atoms with Gasteiger partial charge in [-0.3, -0.25) is 9.58 Å². The van der Waals surface area contributed by atoms with Crippen LogP contribution in [-0.4, -0.2) is 38.5 Å². The first kappa shape index (κ1) is 15.5. The molecule has 5 heteroatoms. The van der Waals surface area contributed by atoms with Gasteiger partial charge in [-0.25, -0.2) is 0 Å². The molecule has 1 aromatic heterocycles. The van der Waals surface area contributed by atoms with E-state index < -0.39 is 0 Å². The van der Waals surface area contributed by atoms with Crippen LogP contribution in [0.2, 0.25) is 5.15 Å². The molecule has 1 atom stereocenters. The molecule has 0 amide bonds. The van der Waals surface area contributed by atoms with E-state index in [1.165, 1.54) is 0 Å². The number of aryl methyl sites for hydroxylation is 2. The monoisotopic (exact) mass is 273 g/mol. The van der Waals surface area contributed by atoms with Crippen LogP contribution in [0.4, 0.5) is 0 Å². The maximum absolute atomic E-state index is 9.56. The molecule has 4 nitrogen and oxygen atoms in total. The molecule has 0 fully saturated rings. The predicted octanol–water partition coefficient (Wildman–Crippen LogP) is 2.23. The number of nitrogens with zero attached hydrogens (tertiary/aromatic N) is 3. The van der Waals surface area contributed by atoms with E-state index in [1.807, 2.05) is 7.05 Å². The minimum Gasteiger partial charge on any atom is -0.392 e. The smallest absolute Gasteiger partial charge is 0.131 e. The molecule has 1 unspecified atom stereocenters. The van der Waals surface area contributed by atoms with Gasteiger partial charge in [0, 0.05) is 31.7 Å². The van der Waals surface area contributed by atoms with Gasteiger partial charge in [0.1, 0.15) is 5.15 Å². The molecule has 0 spiro atoms. The number of aliphatic hydroxyl groups excluding tert-OH is 1. The van der Waals surface area contributed by atoms with Gasteiger partial charge in [0.15, 0.2) is 0 Å². The highest BCUT2D eigenvalue weighted by molar-refractivity contribution is 6.30. The van der Waals surface area contributed by atoms with Crippen LogP contribution < -0.4 is 0 Å². The van der Waals surface area contributed by atoms with Gasteiger partial charge in [0.2, 0.25) is 0 Å². The Balaban J connectivity index is 2.92. The Bertz CT molecular complexity index is 388. The lowest BCUT2D eigenvalue weighted by Crippen LogP contribution is -2.36. The van der Waals surface area contributed by atoms with Crippen molar-refractivity contribution in [1.82, 2.24) is 14.7 Å². The molecule has 0 bridgehead atoms. The second kappa shape index (κ2) is 6.55. The molecule has 1 aromatic rings. The number of halogens is 1. The number of rotatable bonds is 6. The lowest BCUT2D eigenvalue weighted by molar-refractivity contribution is 0.102. The highest BCUT2D eigenvalue weighted by Gasteiger charge is 2.19. The van der Waals surface area contributed by atoms with Gasteiger partial charge in [-0.05, 0) is 27.2 Å².